The highest BCUT2D eigenvalue weighted by Crippen LogP contribution is 2.51. The molecule has 0 unspecified atom stereocenters. The number of aryl methyl sites for hydroxylation is 2. The molecule has 0 bridgehead atoms. The minimum atomic E-state index is -1.41. The van der Waals surface area contributed by atoms with Crippen molar-refractivity contribution in [1.82, 2.24) is 0 Å². The molecular weight excluding hydrogens is 681 g/mol. The number of nitrogens with zero attached hydrogens (tertiary/aromatic N) is 2. The van der Waals surface area contributed by atoms with Crippen molar-refractivity contribution in [2.75, 3.05) is 9.80 Å². The smallest absolute Gasteiger partial charge is 0.0775 e. The fourth-order valence-electron chi connectivity index (χ4n) is 8.15. The van der Waals surface area contributed by atoms with Gasteiger partial charge in [0.05, 0.1) is 8.07 Å². The monoisotopic (exact) mass is 730 g/mol. The average Bonchev–Trinajstić information content (AvgIpc) is 3.40. The minimum Gasteiger partial charge on any atom is -0.310 e. The van der Waals surface area contributed by atoms with Crippen molar-refractivity contribution in [3.8, 4) is 11.1 Å². The Hall–Kier alpha value is -5.90. The van der Waals surface area contributed by atoms with Crippen molar-refractivity contribution in [2.45, 2.75) is 52.8 Å². The molecular formula is C52H50N2Si. The van der Waals surface area contributed by atoms with E-state index in [1.165, 1.54) is 66.8 Å². The van der Waals surface area contributed by atoms with Crippen molar-refractivity contribution >= 4 is 59.5 Å². The van der Waals surface area contributed by atoms with Gasteiger partial charge >= 0.3 is 0 Å². The van der Waals surface area contributed by atoms with Crippen LogP contribution >= 0.6 is 0 Å². The number of fused-ring (bicyclic) bond motifs is 3. The summed E-state index contributed by atoms with van der Waals surface area (Å²) in [7, 11) is -1.41. The van der Waals surface area contributed by atoms with Crippen LogP contribution in [0.4, 0.5) is 34.1 Å². The molecule has 0 N–H and O–H groups in total. The summed E-state index contributed by atoms with van der Waals surface area (Å²) in [5.74, 6) is 0. The Labute approximate surface area is 329 Å². The van der Waals surface area contributed by atoms with E-state index in [1.54, 1.807) is 0 Å². The molecule has 0 spiro atoms. The highest BCUT2D eigenvalue weighted by atomic mass is 28.3. The Bertz CT molecular complexity index is 2470. The first-order chi connectivity index (χ1) is 26.5. The molecule has 0 aromatic heterocycles. The molecule has 7 aromatic carbocycles. The van der Waals surface area contributed by atoms with Gasteiger partial charge in [0.25, 0.3) is 0 Å². The molecule has 0 aliphatic heterocycles. The van der Waals surface area contributed by atoms with Crippen LogP contribution in [0.1, 0.15) is 47.2 Å². The zero-order valence-electron chi connectivity index (χ0n) is 33.1. The third-order valence-electron chi connectivity index (χ3n) is 11.0. The van der Waals surface area contributed by atoms with Gasteiger partial charge in [-0.05, 0) is 131 Å². The summed E-state index contributed by atoms with van der Waals surface area (Å²) in [6.07, 6.45) is 4.48. The predicted octanol–water partition coefficient (Wildman–Crippen LogP) is 14.3. The van der Waals surface area contributed by atoms with Crippen LogP contribution in [-0.2, 0) is 5.41 Å². The molecule has 2 nitrogen and oxygen atoms in total. The number of para-hydroxylation sites is 2. The van der Waals surface area contributed by atoms with Gasteiger partial charge in [0.2, 0.25) is 0 Å². The third kappa shape index (κ3) is 7.21. The predicted molar refractivity (Wildman–Crippen MR) is 241 cm³/mol. The van der Waals surface area contributed by atoms with Gasteiger partial charge in [0, 0.05) is 39.5 Å². The van der Waals surface area contributed by atoms with E-state index in [0.29, 0.717) is 0 Å². The molecule has 0 saturated heterocycles. The number of hydrogen-bond acceptors (Lipinski definition) is 2. The Kier molecular flexibility index (Phi) is 9.44. The van der Waals surface area contributed by atoms with Gasteiger partial charge in [-0.25, -0.2) is 0 Å². The summed E-state index contributed by atoms with van der Waals surface area (Å²) in [6, 6.07) is 60.3. The summed E-state index contributed by atoms with van der Waals surface area (Å²) in [5, 5.41) is 1.47. The Morgan fingerprint density at radius 3 is 1.42 bits per heavy atom. The number of rotatable bonds is 9. The first-order valence-electron chi connectivity index (χ1n) is 19.4. The summed E-state index contributed by atoms with van der Waals surface area (Å²) in [6.45, 7) is 16.3. The van der Waals surface area contributed by atoms with Crippen LogP contribution in [0.25, 0.3) is 23.3 Å². The molecule has 7 aromatic rings. The molecule has 1 aliphatic rings. The highest BCUT2D eigenvalue weighted by molar-refractivity contribution is 6.88. The van der Waals surface area contributed by atoms with Crippen LogP contribution in [0.5, 0.6) is 0 Å². The molecule has 0 heterocycles. The summed E-state index contributed by atoms with van der Waals surface area (Å²) in [4.78, 5) is 4.73. The standard InChI is InChI=1S/C52H50N2Si/c1-37-32-38(2)34-46(33-37)54(42-16-12-9-13-17-42)43-23-20-39(21-24-43)18-19-40-22-30-48-49-31-27-45(36-51(49)52(3,4)50(48)35-40)53(41-14-10-8-11-15-41)44-25-28-47(29-26-44)55(5,6)7/h8-36H,1-7H3/b19-18+. The van der Waals surface area contributed by atoms with E-state index >= 15 is 0 Å². The van der Waals surface area contributed by atoms with Gasteiger partial charge in [-0.1, -0.05) is 142 Å². The number of anilines is 6. The van der Waals surface area contributed by atoms with Crippen LogP contribution in [0.15, 0.2) is 164 Å². The van der Waals surface area contributed by atoms with Crippen molar-refractivity contribution < 1.29 is 0 Å². The molecule has 55 heavy (non-hydrogen) atoms. The maximum Gasteiger partial charge on any atom is 0.0775 e. The van der Waals surface area contributed by atoms with Crippen LogP contribution < -0.4 is 15.0 Å². The second-order valence-electron chi connectivity index (χ2n) is 16.6. The lowest BCUT2D eigenvalue weighted by molar-refractivity contribution is 0.660. The van der Waals surface area contributed by atoms with E-state index in [-0.39, 0.29) is 5.41 Å². The van der Waals surface area contributed by atoms with Gasteiger partial charge in [0.15, 0.2) is 0 Å². The number of hydrogen-bond donors (Lipinski definition) is 0. The van der Waals surface area contributed by atoms with Crippen molar-refractivity contribution in [3.63, 3.8) is 0 Å². The van der Waals surface area contributed by atoms with E-state index in [0.717, 1.165) is 17.1 Å². The van der Waals surface area contributed by atoms with Gasteiger partial charge < -0.3 is 9.80 Å². The zero-order chi connectivity index (χ0) is 38.3. The van der Waals surface area contributed by atoms with E-state index in [9.17, 15) is 0 Å². The molecule has 0 saturated carbocycles. The highest BCUT2D eigenvalue weighted by Gasteiger charge is 2.36. The van der Waals surface area contributed by atoms with Crippen LogP contribution in [0.3, 0.4) is 0 Å². The normalized spacial score (nSPS) is 13.1. The SMILES string of the molecule is Cc1cc(C)cc(N(c2ccccc2)c2ccc(/C=C/c3ccc4c(c3)C(C)(C)c3cc(N(c5ccccc5)c5ccc([Si](C)(C)C)cc5)ccc3-4)cc2)c1. The maximum atomic E-state index is 2.42. The van der Waals surface area contributed by atoms with E-state index in [2.05, 4.69) is 233 Å². The second kappa shape index (κ2) is 14.4. The fourth-order valence-corrected chi connectivity index (χ4v) is 9.32. The Balaban J connectivity index is 1.07. The zero-order valence-corrected chi connectivity index (χ0v) is 34.1. The lowest BCUT2D eigenvalue weighted by Crippen LogP contribution is -2.37. The second-order valence-corrected chi connectivity index (χ2v) is 21.6. The summed E-state index contributed by atoms with van der Waals surface area (Å²) in [5.41, 5.74) is 17.1. The molecule has 1 aliphatic carbocycles. The van der Waals surface area contributed by atoms with Gasteiger partial charge in [-0.3, -0.25) is 0 Å². The lowest BCUT2D eigenvalue weighted by Gasteiger charge is -2.28. The average molecular weight is 731 g/mol. The van der Waals surface area contributed by atoms with Gasteiger partial charge in [0.1, 0.15) is 0 Å². The lowest BCUT2D eigenvalue weighted by atomic mass is 9.81. The first kappa shape index (κ1) is 36.1. The Morgan fingerprint density at radius 1 is 0.418 bits per heavy atom. The van der Waals surface area contributed by atoms with Crippen LogP contribution in [0, 0.1) is 13.8 Å². The fraction of sp³-hybridized carbons (Fsp3) is 0.154. The van der Waals surface area contributed by atoms with E-state index in [1.807, 2.05) is 0 Å². The van der Waals surface area contributed by atoms with Crippen LogP contribution in [0.2, 0.25) is 19.6 Å². The third-order valence-corrected chi connectivity index (χ3v) is 13.1. The molecule has 3 heteroatoms. The minimum absolute atomic E-state index is 0.148. The van der Waals surface area contributed by atoms with Gasteiger partial charge in [-0.2, -0.15) is 0 Å². The van der Waals surface area contributed by atoms with E-state index in [4.69, 9.17) is 0 Å². The molecule has 0 fully saturated rings. The van der Waals surface area contributed by atoms with E-state index < -0.39 is 8.07 Å². The molecule has 8 rings (SSSR count). The van der Waals surface area contributed by atoms with Gasteiger partial charge in [-0.15, -0.1) is 0 Å². The van der Waals surface area contributed by atoms with Crippen molar-refractivity contribution in [3.05, 3.63) is 197 Å². The topological polar surface area (TPSA) is 6.48 Å². The molecule has 0 amide bonds. The number of benzene rings is 7. The van der Waals surface area contributed by atoms with Crippen LogP contribution in [-0.4, -0.2) is 8.07 Å². The Morgan fingerprint density at radius 2 is 0.855 bits per heavy atom. The summed E-state index contributed by atoms with van der Waals surface area (Å²) < 4.78 is 0. The molecule has 0 atom stereocenters. The first-order valence-corrected chi connectivity index (χ1v) is 22.9. The maximum absolute atomic E-state index is 2.42. The summed E-state index contributed by atoms with van der Waals surface area (Å²) >= 11 is 0. The van der Waals surface area contributed by atoms with Crippen molar-refractivity contribution in [1.29, 1.82) is 0 Å². The quantitative estimate of drug-likeness (QED) is 0.108. The van der Waals surface area contributed by atoms with Crippen molar-refractivity contribution in [2.24, 2.45) is 0 Å². The molecule has 0 radical (unpaired) electrons. The largest absolute Gasteiger partial charge is 0.310 e. The molecule has 272 valence electrons.